The fourth-order valence-corrected chi connectivity index (χ4v) is 3.56. The van der Waals surface area contributed by atoms with Crippen molar-refractivity contribution in [3.05, 3.63) is 65.5 Å². The van der Waals surface area contributed by atoms with Crippen LogP contribution in [0.25, 0.3) is 10.6 Å². The molecule has 0 saturated carbocycles. The number of amides is 3. The summed E-state index contributed by atoms with van der Waals surface area (Å²) >= 11 is 1.39. The van der Waals surface area contributed by atoms with Crippen LogP contribution in [0.2, 0.25) is 0 Å². The summed E-state index contributed by atoms with van der Waals surface area (Å²) in [5.74, 6) is -0.233. The smallest absolute Gasteiger partial charge is 0.315 e. The maximum atomic E-state index is 12.5. The minimum absolute atomic E-state index is 0.0776. The zero-order chi connectivity index (χ0) is 20.8. The average Bonchev–Trinajstić information content (AvgIpc) is 3.07. The molecule has 0 saturated heterocycles. The second-order valence-electron chi connectivity index (χ2n) is 6.78. The first kappa shape index (κ1) is 20.5. The molecule has 0 aliphatic carbocycles. The van der Waals surface area contributed by atoms with Gasteiger partial charge in [-0.05, 0) is 50.6 Å². The van der Waals surface area contributed by atoms with E-state index in [4.69, 9.17) is 0 Å². The minimum Gasteiger partial charge on any atom is -0.336 e. The lowest BCUT2D eigenvalue weighted by atomic mass is 10.1. The molecule has 3 N–H and O–H groups in total. The topological polar surface area (TPSA) is 96.0 Å². The molecular weight excluding hydrogens is 386 g/mol. The number of benzene rings is 1. The number of aromatic nitrogens is 2. The summed E-state index contributed by atoms with van der Waals surface area (Å²) in [5, 5.41) is 8.92. The van der Waals surface area contributed by atoms with Gasteiger partial charge in [-0.1, -0.05) is 29.5 Å². The molecule has 2 heterocycles. The average molecular weight is 410 g/mol. The molecule has 0 bridgehead atoms. The van der Waals surface area contributed by atoms with Crippen LogP contribution in [0.1, 0.15) is 35.5 Å². The summed E-state index contributed by atoms with van der Waals surface area (Å²) in [6.07, 6.45) is 1.73. The number of carbonyl (C=O) groups is 2. The maximum absolute atomic E-state index is 12.5. The van der Waals surface area contributed by atoms with Crippen molar-refractivity contribution in [1.29, 1.82) is 0 Å². The quantitative estimate of drug-likeness (QED) is 0.574. The molecular formula is C21H23N5O2S. The van der Waals surface area contributed by atoms with Crippen LogP contribution in [0.4, 0.5) is 9.93 Å². The third-order valence-electron chi connectivity index (χ3n) is 4.00. The first-order chi connectivity index (χ1) is 13.9. The molecule has 8 heteroatoms. The standard InChI is InChI=1S/C21H23N5O2S/c1-13(2)24-20(28)23-12-15-7-9-16(10-8-15)19(27)26-21-25-14(3)18(29-21)17-6-4-5-11-22-17/h4-11,13H,12H2,1-3H3,(H2,23,24,28)(H,25,26,27). The van der Waals surface area contributed by atoms with E-state index < -0.39 is 0 Å². The van der Waals surface area contributed by atoms with Crippen LogP contribution < -0.4 is 16.0 Å². The van der Waals surface area contributed by atoms with E-state index in [0.717, 1.165) is 21.8 Å². The van der Waals surface area contributed by atoms with E-state index in [-0.39, 0.29) is 18.0 Å². The molecule has 29 heavy (non-hydrogen) atoms. The summed E-state index contributed by atoms with van der Waals surface area (Å²) in [6, 6.07) is 12.6. The van der Waals surface area contributed by atoms with E-state index in [2.05, 4.69) is 25.9 Å². The van der Waals surface area contributed by atoms with Crippen molar-refractivity contribution in [3.63, 3.8) is 0 Å². The number of nitrogens with one attached hydrogen (secondary N) is 3. The van der Waals surface area contributed by atoms with Gasteiger partial charge in [-0.3, -0.25) is 15.1 Å². The fraction of sp³-hybridized carbons (Fsp3) is 0.238. The zero-order valence-electron chi connectivity index (χ0n) is 16.5. The van der Waals surface area contributed by atoms with E-state index in [1.165, 1.54) is 11.3 Å². The first-order valence-electron chi connectivity index (χ1n) is 9.26. The summed E-state index contributed by atoms with van der Waals surface area (Å²) in [5.41, 5.74) is 3.09. The number of carbonyl (C=O) groups excluding carboxylic acids is 2. The largest absolute Gasteiger partial charge is 0.336 e. The Kier molecular flexibility index (Phi) is 6.56. The van der Waals surface area contributed by atoms with Crippen LogP contribution >= 0.6 is 11.3 Å². The van der Waals surface area contributed by atoms with E-state index in [9.17, 15) is 9.59 Å². The monoisotopic (exact) mass is 409 g/mol. The molecule has 0 aliphatic heterocycles. The highest BCUT2D eigenvalue weighted by atomic mass is 32.1. The Bertz CT molecular complexity index is 984. The Morgan fingerprint density at radius 2 is 1.86 bits per heavy atom. The van der Waals surface area contributed by atoms with Gasteiger partial charge in [0.2, 0.25) is 0 Å². The lowest BCUT2D eigenvalue weighted by Gasteiger charge is -2.10. The van der Waals surface area contributed by atoms with Gasteiger partial charge >= 0.3 is 6.03 Å². The third kappa shape index (κ3) is 5.61. The van der Waals surface area contributed by atoms with Crippen LogP contribution in [-0.4, -0.2) is 27.9 Å². The third-order valence-corrected chi connectivity index (χ3v) is 5.10. The number of thiazole rings is 1. The van der Waals surface area contributed by atoms with E-state index in [0.29, 0.717) is 17.2 Å². The Balaban J connectivity index is 1.61. The summed E-state index contributed by atoms with van der Waals surface area (Å²) in [6.45, 7) is 6.08. The zero-order valence-corrected chi connectivity index (χ0v) is 17.3. The number of urea groups is 1. The van der Waals surface area contributed by atoms with Crippen molar-refractivity contribution < 1.29 is 9.59 Å². The molecule has 0 fully saturated rings. The number of hydrogen-bond donors (Lipinski definition) is 3. The molecule has 0 spiro atoms. The summed E-state index contributed by atoms with van der Waals surface area (Å²) in [4.78, 5) is 33.9. The van der Waals surface area contributed by atoms with Crippen molar-refractivity contribution in [2.24, 2.45) is 0 Å². The van der Waals surface area contributed by atoms with Crippen LogP contribution in [0.15, 0.2) is 48.7 Å². The number of rotatable bonds is 6. The first-order valence-corrected chi connectivity index (χ1v) is 10.1. The van der Waals surface area contributed by atoms with Crippen molar-refractivity contribution in [2.45, 2.75) is 33.4 Å². The van der Waals surface area contributed by atoms with Gasteiger partial charge in [-0.2, -0.15) is 0 Å². The SMILES string of the molecule is Cc1nc(NC(=O)c2ccc(CNC(=O)NC(C)C)cc2)sc1-c1ccccn1. The van der Waals surface area contributed by atoms with Gasteiger partial charge in [0.15, 0.2) is 5.13 Å². The van der Waals surface area contributed by atoms with Crippen molar-refractivity contribution in [1.82, 2.24) is 20.6 Å². The number of anilines is 1. The molecule has 3 aromatic rings. The number of hydrogen-bond acceptors (Lipinski definition) is 5. The highest BCUT2D eigenvalue weighted by Gasteiger charge is 2.14. The molecule has 0 atom stereocenters. The number of aryl methyl sites for hydroxylation is 1. The van der Waals surface area contributed by atoms with Gasteiger partial charge in [-0.15, -0.1) is 0 Å². The van der Waals surface area contributed by atoms with Gasteiger partial charge in [0.25, 0.3) is 5.91 Å². The van der Waals surface area contributed by atoms with E-state index >= 15 is 0 Å². The predicted molar refractivity (Wildman–Crippen MR) is 115 cm³/mol. The van der Waals surface area contributed by atoms with Gasteiger partial charge in [0.05, 0.1) is 16.3 Å². The molecule has 0 radical (unpaired) electrons. The van der Waals surface area contributed by atoms with Gasteiger partial charge in [0.1, 0.15) is 0 Å². The maximum Gasteiger partial charge on any atom is 0.315 e. The second-order valence-corrected chi connectivity index (χ2v) is 7.78. The van der Waals surface area contributed by atoms with Crippen LogP contribution in [0.3, 0.4) is 0 Å². The Morgan fingerprint density at radius 3 is 2.52 bits per heavy atom. The molecule has 1 aromatic carbocycles. The van der Waals surface area contributed by atoms with Gasteiger partial charge < -0.3 is 10.6 Å². The van der Waals surface area contributed by atoms with Gasteiger partial charge in [0, 0.05) is 24.3 Å². The van der Waals surface area contributed by atoms with Crippen LogP contribution in [0, 0.1) is 6.92 Å². The van der Waals surface area contributed by atoms with Crippen molar-refractivity contribution >= 4 is 28.4 Å². The summed E-state index contributed by atoms with van der Waals surface area (Å²) < 4.78 is 0. The molecule has 150 valence electrons. The van der Waals surface area contributed by atoms with Crippen molar-refractivity contribution in [3.8, 4) is 10.6 Å². The number of nitrogens with zero attached hydrogens (tertiary/aromatic N) is 2. The molecule has 3 amide bonds. The predicted octanol–water partition coefficient (Wildman–Crippen LogP) is 3.97. The molecule has 2 aromatic heterocycles. The van der Waals surface area contributed by atoms with E-state index in [1.807, 2.05) is 51.1 Å². The minimum atomic E-state index is -0.233. The summed E-state index contributed by atoms with van der Waals surface area (Å²) in [7, 11) is 0. The highest BCUT2D eigenvalue weighted by Crippen LogP contribution is 2.31. The van der Waals surface area contributed by atoms with Crippen LogP contribution in [0.5, 0.6) is 0 Å². The van der Waals surface area contributed by atoms with Crippen LogP contribution in [-0.2, 0) is 6.54 Å². The lowest BCUT2D eigenvalue weighted by molar-refractivity contribution is 0.102. The molecule has 0 unspecified atom stereocenters. The molecule has 7 nitrogen and oxygen atoms in total. The molecule has 0 aliphatic rings. The van der Waals surface area contributed by atoms with Gasteiger partial charge in [-0.25, -0.2) is 9.78 Å². The number of pyridine rings is 1. The normalized spacial score (nSPS) is 10.6. The Labute approximate surface area is 173 Å². The second kappa shape index (κ2) is 9.29. The highest BCUT2D eigenvalue weighted by molar-refractivity contribution is 7.19. The Morgan fingerprint density at radius 1 is 1.10 bits per heavy atom. The fourth-order valence-electron chi connectivity index (χ4n) is 2.62. The van der Waals surface area contributed by atoms with Crippen molar-refractivity contribution in [2.75, 3.05) is 5.32 Å². The molecule has 3 rings (SSSR count). The Hall–Kier alpha value is -3.26. The lowest BCUT2D eigenvalue weighted by Crippen LogP contribution is -2.39. The van der Waals surface area contributed by atoms with E-state index in [1.54, 1.807) is 18.3 Å².